The Morgan fingerprint density at radius 3 is 2.47 bits per heavy atom. The predicted octanol–water partition coefficient (Wildman–Crippen LogP) is 2.99. The number of hydrogen-bond donors (Lipinski definition) is 1. The number of pyridine rings is 2. The molecule has 0 fully saturated rings. The van der Waals surface area contributed by atoms with Crippen LogP contribution >= 0.6 is 0 Å². The molecule has 0 radical (unpaired) electrons. The summed E-state index contributed by atoms with van der Waals surface area (Å²) in [5, 5.41) is 2.92. The molecule has 3 heterocycles. The van der Waals surface area contributed by atoms with Gasteiger partial charge in [-0.3, -0.25) is 9.78 Å². The number of aromatic nitrogens is 4. The van der Waals surface area contributed by atoms with Crippen molar-refractivity contribution in [1.29, 1.82) is 0 Å². The van der Waals surface area contributed by atoms with Crippen molar-refractivity contribution >= 4 is 17.1 Å². The first-order chi connectivity index (χ1) is 14.5. The van der Waals surface area contributed by atoms with Gasteiger partial charge in [0.25, 0.3) is 5.91 Å². The molecule has 4 rings (SSSR count). The standard InChI is InChI=1S/C23H24N6O/c1-28(2)14-13-25-23(30)22-27-21-19(29(22)3)15-18(16-9-11-24-12-10-16)20(26-21)17-7-5-4-6-8-17/h4-12,15H,13-14H2,1-3H3,(H,25,30). The molecule has 0 unspecified atom stereocenters. The normalized spacial score (nSPS) is 11.2. The largest absolute Gasteiger partial charge is 0.348 e. The van der Waals surface area contributed by atoms with Crippen LogP contribution in [0.25, 0.3) is 33.5 Å². The second kappa shape index (κ2) is 8.42. The number of fused-ring (bicyclic) bond motifs is 1. The van der Waals surface area contributed by atoms with E-state index in [2.05, 4.69) is 15.3 Å². The van der Waals surface area contributed by atoms with Crippen molar-refractivity contribution in [2.75, 3.05) is 27.2 Å². The number of aryl methyl sites for hydroxylation is 1. The van der Waals surface area contributed by atoms with Crippen LogP contribution in [-0.2, 0) is 7.05 Å². The summed E-state index contributed by atoms with van der Waals surface area (Å²) >= 11 is 0. The molecule has 7 nitrogen and oxygen atoms in total. The zero-order chi connectivity index (χ0) is 21.1. The minimum atomic E-state index is -0.205. The van der Waals surface area contributed by atoms with Crippen molar-refractivity contribution in [3.05, 3.63) is 66.7 Å². The van der Waals surface area contributed by atoms with Crippen LogP contribution in [0.4, 0.5) is 0 Å². The molecule has 3 aromatic heterocycles. The zero-order valence-electron chi connectivity index (χ0n) is 17.3. The van der Waals surface area contributed by atoms with Crippen molar-refractivity contribution in [2.24, 2.45) is 7.05 Å². The van der Waals surface area contributed by atoms with Gasteiger partial charge in [0, 0.05) is 43.7 Å². The van der Waals surface area contributed by atoms with Gasteiger partial charge in [-0.15, -0.1) is 0 Å². The van der Waals surface area contributed by atoms with Crippen LogP contribution in [-0.4, -0.2) is 57.5 Å². The Morgan fingerprint density at radius 2 is 1.77 bits per heavy atom. The van der Waals surface area contributed by atoms with Crippen molar-refractivity contribution in [2.45, 2.75) is 0 Å². The molecule has 0 saturated carbocycles. The lowest BCUT2D eigenvalue weighted by Crippen LogP contribution is -2.32. The molecule has 152 valence electrons. The summed E-state index contributed by atoms with van der Waals surface area (Å²) in [4.78, 5) is 28.2. The second-order valence-electron chi connectivity index (χ2n) is 7.38. The summed E-state index contributed by atoms with van der Waals surface area (Å²) in [6.45, 7) is 1.32. The Kier molecular flexibility index (Phi) is 5.54. The van der Waals surface area contributed by atoms with Gasteiger partial charge in [-0.1, -0.05) is 30.3 Å². The van der Waals surface area contributed by atoms with E-state index in [9.17, 15) is 4.79 Å². The molecule has 0 spiro atoms. The average molecular weight is 400 g/mol. The molecule has 30 heavy (non-hydrogen) atoms. The van der Waals surface area contributed by atoms with E-state index >= 15 is 0 Å². The number of rotatable bonds is 6. The number of imidazole rings is 1. The number of hydrogen-bond acceptors (Lipinski definition) is 5. The molecule has 0 bridgehead atoms. The van der Waals surface area contributed by atoms with E-state index in [1.807, 2.05) is 74.6 Å². The van der Waals surface area contributed by atoms with Gasteiger partial charge in [-0.05, 0) is 37.9 Å². The Labute approximate surface area is 175 Å². The lowest BCUT2D eigenvalue weighted by molar-refractivity contribution is 0.0938. The first kappa shape index (κ1) is 19.7. The fraction of sp³-hybridized carbons (Fsp3) is 0.217. The van der Waals surface area contributed by atoms with E-state index in [1.54, 1.807) is 17.0 Å². The molecule has 0 aliphatic carbocycles. The van der Waals surface area contributed by atoms with Crippen LogP contribution < -0.4 is 5.32 Å². The number of nitrogens with zero attached hydrogens (tertiary/aromatic N) is 5. The Morgan fingerprint density at radius 1 is 1.03 bits per heavy atom. The number of likely N-dealkylation sites (N-methyl/N-ethyl adjacent to an activating group) is 1. The lowest BCUT2D eigenvalue weighted by atomic mass is 10.00. The molecule has 1 amide bonds. The maximum atomic E-state index is 12.7. The average Bonchev–Trinajstić information content (AvgIpc) is 3.09. The first-order valence-electron chi connectivity index (χ1n) is 9.81. The minimum Gasteiger partial charge on any atom is -0.348 e. The predicted molar refractivity (Wildman–Crippen MR) is 118 cm³/mol. The van der Waals surface area contributed by atoms with Crippen LogP contribution in [0.5, 0.6) is 0 Å². The number of nitrogens with one attached hydrogen (secondary N) is 1. The summed E-state index contributed by atoms with van der Waals surface area (Å²) in [5.74, 6) is 0.145. The zero-order valence-corrected chi connectivity index (χ0v) is 17.3. The van der Waals surface area contributed by atoms with Gasteiger partial charge in [0.2, 0.25) is 5.82 Å². The SMILES string of the molecule is CN(C)CCNC(=O)c1nc2nc(-c3ccccc3)c(-c3ccncc3)cc2n1C. The van der Waals surface area contributed by atoms with Gasteiger partial charge in [-0.25, -0.2) is 9.97 Å². The highest BCUT2D eigenvalue weighted by molar-refractivity contribution is 5.96. The van der Waals surface area contributed by atoms with Gasteiger partial charge in [0.1, 0.15) is 0 Å². The molecular formula is C23H24N6O. The topological polar surface area (TPSA) is 75.9 Å². The highest BCUT2D eigenvalue weighted by Crippen LogP contribution is 2.33. The van der Waals surface area contributed by atoms with E-state index < -0.39 is 0 Å². The van der Waals surface area contributed by atoms with Crippen molar-refractivity contribution in [3.63, 3.8) is 0 Å². The number of benzene rings is 1. The lowest BCUT2D eigenvalue weighted by Gasteiger charge is -2.11. The van der Waals surface area contributed by atoms with Gasteiger partial charge < -0.3 is 14.8 Å². The maximum absolute atomic E-state index is 12.7. The summed E-state index contributed by atoms with van der Waals surface area (Å²) in [6.07, 6.45) is 3.53. The highest BCUT2D eigenvalue weighted by Gasteiger charge is 2.19. The van der Waals surface area contributed by atoms with Crippen molar-refractivity contribution in [3.8, 4) is 22.4 Å². The Hall–Kier alpha value is -3.58. The van der Waals surface area contributed by atoms with Crippen molar-refractivity contribution < 1.29 is 4.79 Å². The highest BCUT2D eigenvalue weighted by atomic mass is 16.2. The fourth-order valence-electron chi connectivity index (χ4n) is 3.35. The smallest absolute Gasteiger partial charge is 0.287 e. The van der Waals surface area contributed by atoms with Crippen LogP contribution in [0.1, 0.15) is 10.6 Å². The monoisotopic (exact) mass is 400 g/mol. The number of amides is 1. The van der Waals surface area contributed by atoms with E-state index in [-0.39, 0.29) is 5.91 Å². The minimum absolute atomic E-state index is 0.205. The molecule has 0 saturated heterocycles. The third-order valence-electron chi connectivity index (χ3n) is 4.96. The molecule has 7 heteroatoms. The maximum Gasteiger partial charge on any atom is 0.287 e. The number of carbonyl (C=O) groups excluding carboxylic acids is 1. The molecule has 0 atom stereocenters. The van der Waals surface area contributed by atoms with Crippen molar-refractivity contribution in [1.82, 2.24) is 29.7 Å². The van der Waals surface area contributed by atoms with Crippen LogP contribution in [0.15, 0.2) is 60.9 Å². The van der Waals surface area contributed by atoms with Crippen LogP contribution in [0, 0.1) is 0 Å². The summed E-state index contributed by atoms with van der Waals surface area (Å²) in [6, 6.07) is 16.0. The van der Waals surface area contributed by atoms with Crippen LogP contribution in [0.2, 0.25) is 0 Å². The summed E-state index contributed by atoms with van der Waals surface area (Å²) < 4.78 is 1.80. The van der Waals surface area contributed by atoms with E-state index in [4.69, 9.17) is 4.98 Å². The summed E-state index contributed by atoms with van der Waals surface area (Å²) in [7, 11) is 5.78. The quantitative estimate of drug-likeness (QED) is 0.538. The fourth-order valence-corrected chi connectivity index (χ4v) is 3.35. The van der Waals surface area contributed by atoms with E-state index in [0.717, 1.165) is 34.4 Å². The van der Waals surface area contributed by atoms with Gasteiger partial charge in [0.05, 0.1) is 11.2 Å². The Balaban J connectivity index is 1.82. The third-order valence-corrected chi connectivity index (χ3v) is 4.96. The first-order valence-corrected chi connectivity index (χ1v) is 9.81. The second-order valence-corrected chi connectivity index (χ2v) is 7.38. The Bertz CT molecular complexity index is 1170. The summed E-state index contributed by atoms with van der Waals surface area (Å²) in [5.41, 5.74) is 5.15. The molecule has 0 aliphatic heterocycles. The molecular weight excluding hydrogens is 376 g/mol. The van der Waals surface area contributed by atoms with E-state index in [1.165, 1.54) is 0 Å². The van der Waals surface area contributed by atoms with E-state index in [0.29, 0.717) is 18.0 Å². The van der Waals surface area contributed by atoms with Crippen LogP contribution in [0.3, 0.4) is 0 Å². The molecule has 0 aliphatic rings. The molecule has 1 aromatic carbocycles. The van der Waals surface area contributed by atoms with Gasteiger partial charge in [0.15, 0.2) is 5.65 Å². The molecule has 4 aromatic rings. The third kappa shape index (κ3) is 3.92. The van der Waals surface area contributed by atoms with Gasteiger partial charge >= 0.3 is 0 Å². The van der Waals surface area contributed by atoms with Gasteiger partial charge in [-0.2, -0.15) is 0 Å². The molecule has 1 N–H and O–H groups in total. The number of carbonyl (C=O) groups is 1.